The van der Waals surface area contributed by atoms with Gasteiger partial charge in [-0.25, -0.2) is 0 Å². The number of rotatable bonds is 4. The van der Waals surface area contributed by atoms with E-state index in [2.05, 4.69) is 6.07 Å². The molecule has 2 aliphatic heterocycles. The zero-order chi connectivity index (χ0) is 19.3. The molecular formula is C22H22N2O4. The Morgan fingerprint density at radius 3 is 2.86 bits per heavy atom. The Morgan fingerprint density at radius 2 is 2.00 bits per heavy atom. The first-order valence-corrected chi connectivity index (χ1v) is 9.56. The number of hydrogen-bond donors (Lipinski definition) is 0. The van der Waals surface area contributed by atoms with Gasteiger partial charge in [0.25, 0.3) is 5.91 Å². The molecule has 4 rings (SSSR count). The van der Waals surface area contributed by atoms with Gasteiger partial charge in [-0.3, -0.25) is 4.79 Å². The smallest absolute Gasteiger partial charge is 0.261 e. The van der Waals surface area contributed by atoms with Crippen LogP contribution in [0.3, 0.4) is 0 Å². The van der Waals surface area contributed by atoms with Crippen molar-refractivity contribution in [1.82, 2.24) is 4.90 Å². The fourth-order valence-electron chi connectivity index (χ4n) is 3.68. The summed E-state index contributed by atoms with van der Waals surface area (Å²) in [6.45, 7) is 1.96. The summed E-state index contributed by atoms with van der Waals surface area (Å²) in [5.41, 5.74) is 1.57. The molecule has 0 bridgehead atoms. The molecule has 1 amide bonds. The van der Waals surface area contributed by atoms with Crippen LogP contribution in [0.1, 0.15) is 36.4 Å². The third-order valence-corrected chi connectivity index (χ3v) is 5.05. The van der Waals surface area contributed by atoms with Gasteiger partial charge in [-0.05, 0) is 48.7 Å². The molecule has 1 fully saturated rings. The van der Waals surface area contributed by atoms with Crippen molar-refractivity contribution in [3.05, 3.63) is 53.6 Å². The van der Waals surface area contributed by atoms with Gasteiger partial charge >= 0.3 is 0 Å². The first-order valence-electron chi connectivity index (χ1n) is 9.56. The molecule has 6 heteroatoms. The molecule has 1 saturated heterocycles. The Labute approximate surface area is 164 Å². The third-order valence-electron chi connectivity index (χ3n) is 5.05. The second kappa shape index (κ2) is 8.22. The molecule has 0 aromatic heterocycles. The SMILES string of the molecule is N#Cc1cccc(OCC(=O)N2CCC[C@H]2c2ccc3c(c2)OCCCO3)c1. The average Bonchev–Trinajstić information content (AvgIpc) is 3.11. The summed E-state index contributed by atoms with van der Waals surface area (Å²) in [6.07, 6.45) is 2.73. The summed E-state index contributed by atoms with van der Waals surface area (Å²) < 4.78 is 17.1. The van der Waals surface area contributed by atoms with E-state index in [1.807, 2.05) is 23.1 Å². The zero-order valence-electron chi connectivity index (χ0n) is 15.6. The minimum absolute atomic E-state index is 0.0127. The molecule has 0 N–H and O–H groups in total. The molecule has 2 aromatic rings. The van der Waals surface area contributed by atoms with Crippen molar-refractivity contribution in [3.8, 4) is 23.3 Å². The lowest BCUT2D eigenvalue weighted by molar-refractivity contribution is -0.134. The first kappa shape index (κ1) is 18.2. The Bertz CT molecular complexity index is 906. The lowest BCUT2D eigenvalue weighted by Crippen LogP contribution is -2.34. The number of carbonyl (C=O) groups excluding carboxylic acids is 1. The molecule has 144 valence electrons. The summed E-state index contributed by atoms with van der Waals surface area (Å²) in [4.78, 5) is 14.6. The first-order chi connectivity index (χ1) is 13.7. The van der Waals surface area contributed by atoms with Crippen molar-refractivity contribution < 1.29 is 19.0 Å². The van der Waals surface area contributed by atoms with Crippen LogP contribution < -0.4 is 14.2 Å². The third kappa shape index (κ3) is 3.89. The van der Waals surface area contributed by atoms with Crippen LogP contribution in [-0.4, -0.2) is 37.2 Å². The van der Waals surface area contributed by atoms with Gasteiger partial charge in [-0.1, -0.05) is 12.1 Å². The lowest BCUT2D eigenvalue weighted by Gasteiger charge is -2.25. The van der Waals surface area contributed by atoms with E-state index in [1.54, 1.807) is 24.3 Å². The molecule has 0 radical (unpaired) electrons. The topological polar surface area (TPSA) is 71.8 Å². The van der Waals surface area contributed by atoms with Gasteiger partial charge < -0.3 is 19.1 Å². The van der Waals surface area contributed by atoms with Crippen LogP contribution in [0.4, 0.5) is 0 Å². The van der Waals surface area contributed by atoms with Gasteiger partial charge in [0.15, 0.2) is 18.1 Å². The maximum Gasteiger partial charge on any atom is 0.261 e. The van der Waals surface area contributed by atoms with Crippen molar-refractivity contribution in [2.75, 3.05) is 26.4 Å². The fourth-order valence-corrected chi connectivity index (χ4v) is 3.68. The minimum atomic E-state index is -0.0584. The maximum absolute atomic E-state index is 12.8. The van der Waals surface area contributed by atoms with Crippen molar-refractivity contribution >= 4 is 5.91 Å². The molecule has 6 nitrogen and oxygen atoms in total. The number of likely N-dealkylation sites (tertiary alicyclic amines) is 1. The predicted octanol–water partition coefficient (Wildman–Crippen LogP) is 3.46. The van der Waals surface area contributed by atoms with Crippen molar-refractivity contribution in [2.45, 2.75) is 25.3 Å². The highest BCUT2D eigenvalue weighted by atomic mass is 16.5. The van der Waals surface area contributed by atoms with E-state index in [9.17, 15) is 4.79 Å². The van der Waals surface area contributed by atoms with Crippen LogP contribution >= 0.6 is 0 Å². The van der Waals surface area contributed by atoms with Crippen molar-refractivity contribution in [3.63, 3.8) is 0 Å². The second-order valence-corrected chi connectivity index (χ2v) is 6.93. The normalized spacial score (nSPS) is 18.2. The molecule has 2 aliphatic rings. The highest BCUT2D eigenvalue weighted by Crippen LogP contribution is 2.37. The van der Waals surface area contributed by atoms with Crippen LogP contribution in [0.25, 0.3) is 0 Å². The number of hydrogen-bond acceptors (Lipinski definition) is 5. The van der Waals surface area contributed by atoms with Crippen LogP contribution in [0.5, 0.6) is 17.2 Å². The van der Waals surface area contributed by atoms with E-state index >= 15 is 0 Å². The van der Waals surface area contributed by atoms with E-state index in [-0.39, 0.29) is 18.6 Å². The van der Waals surface area contributed by atoms with Crippen LogP contribution in [0, 0.1) is 11.3 Å². The van der Waals surface area contributed by atoms with Gasteiger partial charge in [-0.15, -0.1) is 0 Å². The quantitative estimate of drug-likeness (QED) is 0.815. The minimum Gasteiger partial charge on any atom is -0.490 e. The average molecular weight is 378 g/mol. The van der Waals surface area contributed by atoms with Crippen LogP contribution in [0.15, 0.2) is 42.5 Å². The van der Waals surface area contributed by atoms with E-state index in [0.717, 1.165) is 36.3 Å². The molecule has 0 saturated carbocycles. The number of carbonyl (C=O) groups is 1. The molecular weight excluding hydrogens is 356 g/mol. The van der Waals surface area contributed by atoms with Gasteiger partial charge in [0, 0.05) is 13.0 Å². The molecule has 0 unspecified atom stereocenters. The number of nitriles is 1. The molecule has 2 heterocycles. The summed E-state index contributed by atoms with van der Waals surface area (Å²) in [5, 5.41) is 8.97. The molecule has 1 atom stereocenters. The zero-order valence-corrected chi connectivity index (χ0v) is 15.6. The molecule has 0 spiro atoms. The Morgan fingerprint density at radius 1 is 1.14 bits per heavy atom. The van der Waals surface area contributed by atoms with Crippen LogP contribution in [0.2, 0.25) is 0 Å². The Kier molecular flexibility index (Phi) is 5.34. The summed E-state index contributed by atoms with van der Waals surface area (Å²) in [7, 11) is 0. The van der Waals surface area contributed by atoms with Crippen LogP contribution in [-0.2, 0) is 4.79 Å². The van der Waals surface area contributed by atoms with E-state index in [1.165, 1.54) is 0 Å². The van der Waals surface area contributed by atoms with E-state index < -0.39 is 0 Å². The van der Waals surface area contributed by atoms with Gasteiger partial charge in [-0.2, -0.15) is 5.26 Å². The Balaban J connectivity index is 1.45. The van der Waals surface area contributed by atoms with E-state index in [0.29, 0.717) is 31.1 Å². The number of ether oxygens (including phenoxy) is 3. The lowest BCUT2D eigenvalue weighted by atomic mass is 10.0. The second-order valence-electron chi connectivity index (χ2n) is 6.93. The van der Waals surface area contributed by atoms with Gasteiger partial charge in [0.2, 0.25) is 0 Å². The predicted molar refractivity (Wildman–Crippen MR) is 102 cm³/mol. The number of amides is 1. The molecule has 2 aromatic carbocycles. The number of fused-ring (bicyclic) bond motifs is 1. The largest absolute Gasteiger partial charge is 0.490 e. The number of benzene rings is 2. The molecule has 28 heavy (non-hydrogen) atoms. The highest BCUT2D eigenvalue weighted by Gasteiger charge is 2.31. The Hall–Kier alpha value is -3.20. The van der Waals surface area contributed by atoms with Gasteiger partial charge in [0.05, 0.1) is 30.9 Å². The molecule has 0 aliphatic carbocycles. The van der Waals surface area contributed by atoms with Crippen molar-refractivity contribution in [2.24, 2.45) is 0 Å². The van der Waals surface area contributed by atoms with E-state index in [4.69, 9.17) is 19.5 Å². The number of nitrogens with zero attached hydrogens (tertiary/aromatic N) is 2. The van der Waals surface area contributed by atoms with Crippen molar-refractivity contribution in [1.29, 1.82) is 5.26 Å². The standard InChI is InChI=1S/C22H22N2O4/c23-14-16-4-1-5-18(12-16)28-15-22(25)24-9-2-6-19(24)17-7-8-20-21(13-17)27-11-3-10-26-20/h1,4-5,7-8,12-13,19H,2-3,6,9-11,15H2/t19-/m0/s1. The summed E-state index contributed by atoms with van der Waals surface area (Å²) >= 11 is 0. The maximum atomic E-state index is 12.8. The fraction of sp³-hybridized carbons (Fsp3) is 0.364. The summed E-state index contributed by atoms with van der Waals surface area (Å²) in [6, 6.07) is 14.9. The summed E-state index contributed by atoms with van der Waals surface area (Å²) in [5.74, 6) is 1.98. The monoisotopic (exact) mass is 378 g/mol. The highest BCUT2D eigenvalue weighted by molar-refractivity contribution is 5.78. The van der Waals surface area contributed by atoms with Gasteiger partial charge in [0.1, 0.15) is 5.75 Å².